The number of aliphatic hydroxyl groups excluding tert-OH is 2. The van der Waals surface area contributed by atoms with Crippen LogP contribution < -0.4 is 0 Å². The minimum atomic E-state index is -0.520. The minimum Gasteiger partial charge on any atom is -0.392 e. The number of aliphatic hydroxyl groups is 2. The molecule has 1 aliphatic rings. The Morgan fingerprint density at radius 1 is 1.20 bits per heavy atom. The molecule has 0 saturated carbocycles. The summed E-state index contributed by atoms with van der Waals surface area (Å²) in [5.41, 5.74) is 0.790. The monoisotopic (exact) mass is 281 g/mol. The molecule has 2 rings (SSSR count). The largest absolute Gasteiger partial charge is 0.392 e. The van der Waals surface area contributed by atoms with Crippen LogP contribution in [-0.4, -0.2) is 40.9 Å². The number of likely N-dealkylation sites (tertiary alicyclic amines) is 1. The molecule has 0 bridgehead atoms. The highest BCUT2D eigenvalue weighted by Crippen LogP contribution is 2.30. The zero-order chi connectivity index (χ0) is 14.5. The Labute approximate surface area is 120 Å². The fraction of sp³-hybridized carbons (Fsp3) is 0.625. The molecule has 112 valence electrons. The van der Waals surface area contributed by atoms with Gasteiger partial charge in [0.05, 0.1) is 12.2 Å². The second-order valence-corrected chi connectivity index (χ2v) is 5.70. The van der Waals surface area contributed by atoms with Crippen molar-refractivity contribution in [2.24, 2.45) is 5.92 Å². The quantitative estimate of drug-likeness (QED) is 0.870. The summed E-state index contributed by atoms with van der Waals surface area (Å²) >= 11 is 0. The first-order valence-corrected chi connectivity index (χ1v) is 7.44. The van der Waals surface area contributed by atoms with E-state index >= 15 is 0 Å². The van der Waals surface area contributed by atoms with Crippen molar-refractivity contribution in [1.82, 2.24) is 4.90 Å². The van der Waals surface area contributed by atoms with Crippen molar-refractivity contribution in [2.45, 2.75) is 38.4 Å². The summed E-state index contributed by atoms with van der Waals surface area (Å²) in [5.74, 6) is -0.0557. The Kier molecular flexibility index (Phi) is 5.52. The highest BCUT2D eigenvalue weighted by molar-refractivity contribution is 5.19. The van der Waals surface area contributed by atoms with Crippen LogP contribution in [-0.2, 0) is 0 Å². The summed E-state index contributed by atoms with van der Waals surface area (Å²) in [7, 11) is 0. The summed E-state index contributed by atoms with van der Waals surface area (Å²) in [5, 5.41) is 20.0. The zero-order valence-corrected chi connectivity index (χ0v) is 12.0. The molecule has 0 spiro atoms. The fourth-order valence-corrected chi connectivity index (χ4v) is 2.81. The number of rotatable bonds is 5. The molecule has 1 aromatic carbocycles. The van der Waals surface area contributed by atoms with Gasteiger partial charge in [0, 0.05) is 6.54 Å². The van der Waals surface area contributed by atoms with E-state index in [1.54, 1.807) is 12.1 Å². The van der Waals surface area contributed by atoms with Crippen LogP contribution in [0.5, 0.6) is 0 Å². The van der Waals surface area contributed by atoms with Crippen LogP contribution in [0.15, 0.2) is 24.3 Å². The van der Waals surface area contributed by atoms with Crippen molar-refractivity contribution in [3.05, 3.63) is 35.6 Å². The third-order valence-corrected chi connectivity index (χ3v) is 4.23. The maximum atomic E-state index is 12.9. The topological polar surface area (TPSA) is 43.7 Å². The Hall–Kier alpha value is -0.970. The molecular formula is C16H24FNO2. The van der Waals surface area contributed by atoms with Crippen molar-refractivity contribution in [3.8, 4) is 0 Å². The van der Waals surface area contributed by atoms with E-state index in [0.29, 0.717) is 0 Å². The summed E-state index contributed by atoms with van der Waals surface area (Å²) in [6, 6.07) is 6.11. The number of hydrogen-bond donors (Lipinski definition) is 2. The number of β-amino-alcohol motifs (C(OH)–C–C–N with tert-alkyl or cyclic N) is 1. The number of halogens is 1. The van der Waals surface area contributed by atoms with Gasteiger partial charge in [0.2, 0.25) is 0 Å². The maximum Gasteiger partial charge on any atom is 0.123 e. The van der Waals surface area contributed by atoms with Gasteiger partial charge in [-0.15, -0.1) is 0 Å². The van der Waals surface area contributed by atoms with Crippen molar-refractivity contribution in [1.29, 1.82) is 0 Å². The van der Waals surface area contributed by atoms with Crippen LogP contribution in [0.3, 0.4) is 0 Å². The zero-order valence-electron chi connectivity index (χ0n) is 12.0. The molecule has 1 aromatic rings. The molecule has 1 heterocycles. The predicted octanol–water partition coefficient (Wildman–Crippen LogP) is 2.34. The average molecular weight is 281 g/mol. The van der Waals surface area contributed by atoms with Crippen molar-refractivity contribution >= 4 is 0 Å². The fourth-order valence-electron chi connectivity index (χ4n) is 2.81. The first kappa shape index (κ1) is 15.4. The molecule has 20 heavy (non-hydrogen) atoms. The van der Waals surface area contributed by atoms with E-state index in [9.17, 15) is 14.6 Å². The van der Waals surface area contributed by atoms with E-state index in [1.165, 1.54) is 12.1 Å². The number of benzene rings is 1. The van der Waals surface area contributed by atoms with Crippen molar-refractivity contribution in [2.75, 3.05) is 19.6 Å². The molecule has 2 N–H and O–H groups in total. The Morgan fingerprint density at radius 2 is 1.80 bits per heavy atom. The Bertz CT molecular complexity index is 401. The van der Waals surface area contributed by atoms with Crippen molar-refractivity contribution in [3.63, 3.8) is 0 Å². The molecule has 1 aliphatic heterocycles. The van der Waals surface area contributed by atoms with E-state index in [0.717, 1.165) is 44.5 Å². The molecule has 1 saturated heterocycles. The molecule has 4 heteroatoms. The van der Waals surface area contributed by atoms with E-state index in [2.05, 4.69) is 4.90 Å². The van der Waals surface area contributed by atoms with E-state index < -0.39 is 6.10 Å². The molecule has 1 fully saturated rings. The van der Waals surface area contributed by atoms with E-state index in [4.69, 9.17) is 0 Å². The molecule has 0 aromatic heterocycles. The van der Waals surface area contributed by atoms with Gasteiger partial charge in [0.1, 0.15) is 5.82 Å². The summed E-state index contributed by atoms with van der Waals surface area (Å²) in [6.07, 6.45) is 1.82. The number of nitrogens with zero attached hydrogens (tertiary/aromatic N) is 1. The SMILES string of the molecule is CC[C@@H](O)CN1CCC(C(O)c2ccc(F)cc2)CC1. The van der Waals surface area contributed by atoms with Gasteiger partial charge in [-0.1, -0.05) is 19.1 Å². The molecule has 2 atom stereocenters. The lowest BCUT2D eigenvalue weighted by atomic mass is 9.87. The highest BCUT2D eigenvalue weighted by atomic mass is 19.1. The normalized spacial score (nSPS) is 20.8. The van der Waals surface area contributed by atoms with Crippen LogP contribution in [0.1, 0.15) is 37.9 Å². The third-order valence-electron chi connectivity index (χ3n) is 4.23. The lowest BCUT2D eigenvalue weighted by molar-refractivity contribution is 0.0394. The smallest absolute Gasteiger partial charge is 0.123 e. The Morgan fingerprint density at radius 3 is 2.35 bits per heavy atom. The van der Waals surface area contributed by atoms with E-state index in [1.807, 2.05) is 6.92 Å². The second kappa shape index (κ2) is 7.16. The Balaban J connectivity index is 1.85. The second-order valence-electron chi connectivity index (χ2n) is 5.70. The van der Waals surface area contributed by atoms with Crippen LogP contribution in [0, 0.1) is 11.7 Å². The molecule has 3 nitrogen and oxygen atoms in total. The molecule has 0 radical (unpaired) electrons. The van der Waals surface area contributed by atoms with Gasteiger partial charge in [-0.3, -0.25) is 0 Å². The predicted molar refractivity (Wildman–Crippen MR) is 76.8 cm³/mol. The molecule has 0 amide bonds. The van der Waals surface area contributed by atoms with Crippen LogP contribution >= 0.6 is 0 Å². The van der Waals surface area contributed by atoms with Gasteiger partial charge in [-0.2, -0.15) is 0 Å². The number of piperidine rings is 1. The van der Waals surface area contributed by atoms with Crippen LogP contribution in [0.4, 0.5) is 4.39 Å². The van der Waals surface area contributed by atoms with Crippen molar-refractivity contribution < 1.29 is 14.6 Å². The first-order chi connectivity index (χ1) is 9.60. The van der Waals surface area contributed by atoms with Gasteiger partial charge in [-0.05, 0) is 56.0 Å². The highest BCUT2D eigenvalue weighted by Gasteiger charge is 2.26. The summed E-state index contributed by atoms with van der Waals surface area (Å²) in [4.78, 5) is 2.25. The lowest BCUT2D eigenvalue weighted by Gasteiger charge is -2.35. The third kappa shape index (κ3) is 4.01. The van der Waals surface area contributed by atoms with Gasteiger partial charge in [-0.25, -0.2) is 4.39 Å². The minimum absolute atomic E-state index is 0.218. The first-order valence-electron chi connectivity index (χ1n) is 7.44. The van der Waals surface area contributed by atoms with Gasteiger partial charge in [0.25, 0.3) is 0 Å². The van der Waals surface area contributed by atoms with Gasteiger partial charge in [0.15, 0.2) is 0 Å². The summed E-state index contributed by atoms with van der Waals surface area (Å²) < 4.78 is 12.9. The average Bonchev–Trinajstić information content (AvgIpc) is 2.48. The molecule has 1 unspecified atom stereocenters. The van der Waals surface area contributed by atoms with E-state index in [-0.39, 0.29) is 17.8 Å². The van der Waals surface area contributed by atoms with Crippen LogP contribution in [0.2, 0.25) is 0 Å². The summed E-state index contributed by atoms with van der Waals surface area (Å²) in [6.45, 7) is 4.51. The van der Waals surface area contributed by atoms with Gasteiger partial charge < -0.3 is 15.1 Å². The standard InChI is InChI=1S/C16H24FNO2/c1-2-15(19)11-18-9-7-13(8-10-18)16(20)12-3-5-14(17)6-4-12/h3-6,13,15-16,19-20H,2,7-11H2,1H3/t15-,16?/m1/s1. The van der Waals surface area contributed by atoms with Gasteiger partial charge >= 0.3 is 0 Å². The maximum absolute atomic E-state index is 12.9. The molecular weight excluding hydrogens is 257 g/mol. The molecule has 0 aliphatic carbocycles. The number of hydrogen-bond acceptors (Lipinski definition) is 3. The van der Waals surface area contributed by atoms with Crippen LogP contribution in [0.25, 0.3) is 0 Å². The lowest BCUT2D eigenvalue weighted by Crippen LogP contribution is -2.39.